The van der Waals surface area contributed by atoms with Crippen LogP contribution in [0, 0.1) is 5.92 Å². The number of likely N-dealkylation sites (tertiary alicyclic amines) is 1. The van der Waals surface area contributed by atoms with Crippen LogP contribution in [0.3, 0.4) is 0 Å². The van der Waals surface area contributed by atoms with Gasteiger partial charge in [0.15, 0.2) is 6.10 Å². The molecule has 0 bridgehead atoms. The molecule has 22 heavy (non-hydrogen) atoms. The lowest BCUT2D eigenvalue weighted by atomic mass is 10.1. The monoisotopic (exact) mass is 324 g/mol. The molecule has 5 nitrogen and oxygen atoms in total. The van der Waals surface area contributed by atoms with E-state index in [-0.39, 0.29) is 17.9 Å². The summed E-state index contributed by atoms with van der Waals surface area (Å²) in [6.07, 6.45) is -0.608. The third-order valence-electron chi connectivity index (χ3n) is 3.79. The van der Waals surface area contributed by atoms with Crippen LogP contribution in [0.5, 0.6) is 0 Å². The summed E-state index contributed by atoms with van der Waals surface area (Å²) in [6, 6.07) is 6.58. The molecule has 1 saturated heterocycles. The van der Waals surface area contributed by atoms with Crippen LogP contribution in [0.2, 0.25) is 5.02 Å². The molecule has 1 aliphatic heterocycles. The van der Waals surface area contributed by atoms with E-state index in [1.165, 1.54) is 0 Å². The normalized spacial score (nSPS) is 19.3. The smallest absolute Gasteiger partial charge is 0.253 e. The van der Waals surface area contributed by atoms with Crippen molar-refractivity contribution in [2.24, 2.45) is 5.92 Å². The lowest BCUT2D eigenvalue weighted by molar-refractivity contribution is -0.134. The zero-order valence-electron chi connectivity index (χ0n) is 12.8. The van der Waals surface area contributed by atoms with Crippen LogP contribution in [-0.2, 0) is 9.59 Å². The number of amides is 2. The molecular formula is C16H21ClN2O3. The molecule has 1 aromatic carbocycles. The Morgan fingerprint density at radius 2 is 2.05 bits per heavy atom. The Kier molecular flexibility index (Phi) is 5.42. The molecule has 2 rings (SSSR count). The maximum Gasteiger partial charge on any atom is 0.253 e. The van der Waals surface area contributed by atoms with Gasteiger partial charge in [0.25, 0.3) is 5.91 Å². The summed E-state index contributed by atoms with van der Waals surface area (Å²) in [5.74, 6) is -0.455. The standard InChI is InChI=1S/C16H21ClN2O3/c1-10(2)16(22)19-8-7-11(9-19)18-15(21)14(20)12-5-3-4-6-13(12)17/h3-6,10-11,14,20H,7-9H2,1-2H3,(H,18,21)/t11-,14-/m1/s1. The molecule has 0 aliphatic carbocycles. The first-order valence-corrected chi connectivity index (χ1v) is 7.79. The van der Waals surface area contributed by atoms with Crippen LogP contribution in [-0.4, -0.2) is 41.0 Å². The molecule has 0 aromatic heterocycles. The highest BCUT2D eigenvalue weighted by molar-refractivity contribution is 6.31. The molecule has 1 fully saturated rings. The van der Waals surface area contributed by atoms with Crippen LogP contribution in [0.25, 0.3) is 0 Å². The highest BCUT2D eigenvalue weighted by Crippen LogP contribution is 2.23. The Balaban J connectivity index is 1.93. The van der Waals surface area contributed by atoms with Gasteiger partial charge in [0, 0.05) is 35.6 Å². The van der Waals surface area contributed by atoms with Crippen molar-refractivity contribution >= 4 is 23.4 Å². The van der Waals surface area contributed by atoms with Crippen LogP contribution < -0.4 is 5.32 Å². The Bertz CT molecular complexity index is 562. The van der Waals surface area contributed by atoms with E-state index in [1.54, 1.807) is 29.2 Å². The second kappa shape index (κ2) is 7.11. The molecule has 0 radical (unpaired) electrons. The van der Waals surface area contributed by atoms with Gasteiger partial charge in [-0.05, 0) is 12.5 Å². The predicted octanol–water partition coefficient (Wildman–Crippen LogP) is 1.75. The van der Waals surface area contributed by atoms with Crippen LogP contribution >= 0.6 is 11.6 Å². The van der Waals surface area contributed by atoms with Crippen LogP contribution in [0.15, 0.2) is 24.3 Å². The van der Waals surface area contributed by atoms with Gasteiger partial charge in [-0.2, -0.15) is 0 Å². The molecule has 1 heterocycles. The fraction of sp³-hybridized carbons (Fsp3) is 0.500. The average molecular weight is 325 g/mol. The number of carbonyl (C=O) groups is 2. The molecule has 120 valence electrons. The summed E-state index contributed by atoms with van der Waals surface area (Å²) in [6.45, 7) is 4.83. The van der Waals surface area contributed by atoms with Crippen molar-refractivity contribution in [1.29, 1.82) is 0 Å². The predicted molar refractivity (Wildman–Crippen MR) is 84.4 cm³/mol. The van der Waals surface area contributed by atoms with E-state index in [4.69, 9.17) is 11.6 Å². The number of nitrogens with zero attached hydrogens (tertiary/aromatic N) is 1. The average Bonchev–Trinajstić information content (AvgIpc) is 2.94. The molecule has 0 unspecified atom stereocenters. The second-order valence-corrected chi connectivity index (χ2v) is 6.26. The van der Waals surface area contributed by atoms with Crippen molar-refractivity contribution in [2.45, 2.75) is 32.4 Å². The summed E-state index contributed by atoms with van der Waals surface area (Å²) in [5, 5.41) is 13.3. The molecule has 2 N–H and O–H groups in total. The van der Waals surface area contributed by atoms with Crippen LogP contribution in [0.4, 0.5) is 0 Å². The molecule has 0 spiro atoms. The highest BCUT2D eigenvalue weighted by atomic mass is 35.5. The number of nitrogens with one attached hydrogen (secondary N) is 1. The Morgan fingerprint density at radius 3 is 2.68 bits per heavy atom. The van der Waals surface area contributed by atoms with Gasteiger partial charge in [0.1, 0.15) is 0 Å². The van der Waals surface area contributed by atoms with Gasteiger partial charge in [-0.3, -0.25) is 9.59 Å². The third kappa shape index (κ3) is 3.78. The van der Waals surface area contributed by atoms with E-state index in [9.17, 15) is 14.7 Å². The molecule has 0 saturated carbocycles. The number of benzene rings is 1. The summed E-state index contributed by atoms with van der Waals surface area (Å²) >= 11 is 5.99. The Morgan fingerprint density at radius 1 is 1.36 bits per heavy atom. The minimum atomic E-state index is -1.30. The number of hydrogen-bond acceptors (Lipinski definition) is 3. The zero-order chi connectivity index (χ0) is 16.3. The number of carbonyl (C=O) groups excluding carboxylic acids is 2. The summed E-state index contributed by atoms with van der Waals surface area (Å²) in [4.78, 5) is 25.8. The highest BCUT2D eigenvalue weighted by Gasteiger charge is 2.30. The topological polar surface area (TPSA) is 69.6 Å². The fourth-order valence-electron chi connectivity index (χ4n) is 2.56. The first-order valence-electron chi connectivity index (χ1n) is 7.41. The number of hydrogen-bond donors (Lipinski definition) is 2. The number of rotatable bonds is 4. The van der Waals surface area contributed by atoms with Crippen molar-refractivity contribution in [3.8, 4) is 0 Å². The largest absolute Gasteiger partial charge is 0.378 e. The van der Waals surface area contributed by atoms with E-state index in [2.05, 4.69) is 5.32 Å². The van der Waals surface area contributed by atoms with Crippen molar-refractivity contribution in [2.75, 3.05) is 13.1 Å². The number of aliphatic hydroxyl groups is 1. The minimum absolute atomic E-state index is 0.0526. The first-order chi connectivity index (χ1) is 10.4. The minimum Gasteiger partial charge on any atom is -0.378 e. The molecule has 6 heteroatoms. The fourth-order valence-corrected chi connectivity index (χ4v) is 2.80. The Hall–Kier alpha value is -1.59. The molecule has 2 amide bonds. The molecule has 1 aromatic rings. The first kappa shape index (κ1) is 16.8. The molecule has 1 aliphatic rings. The molecule has 2 atom stereocenters. The van der Waals surface area contributed by atoms with E-state index in [0.29, 0.717) is 30.1 Å². The van der Waals surface area contributed by atoms with Crippen LogP contribution in [0.1, 0.15) is 31.9 Å². The Labute approximate surface area is 135 Å². The van der Waals surface area contributed by atoms with Gasteiger partial charge in [0.05, 0.1) is 0 Å². The number of halogens is 1. The van der Waals surface area contributed by atoms with Crippen molar-refractivity contribution in [1.82, 2.24) is 10.2 Å². The van der Waals surface area contributed by atoms with Gasteiger partial charge in [-0.15, -0.1) is 0 Å². The van der Waals surface area contributed by atoms with Crippen molar-refractivity contribution in [3.63, 3.8) is 0 Å². The lowest BCUT2D eigenvalue weighted by Gasteiger charge is -2.20. The summed E-state index contributed by atoms with van der Waals surface area (Å²) in [5.41, 5.74) is 0.384. The third-order valence-corrected chi connectivity index (χ3v) is 4.13. The van der Waals surface area contributed by atoms with Gasteiger partial charge >= 0.3 is 0 Å². The van der Waals surface area contributed by atoms with Crippen molar-refractivity contribution in [3.05, 3.63) is 34.9 Å². The second-order valence-electron chi connectivity index (χ2n) is 5.86. The lowest BCUT2D eigenvalue weighted by Crippen LogP contribution is -2.41. The molecular weight excluding hydrogens is 304 g/mol. The SMILES string of the molecule is CC(C)C(=O)N1CC[C@@H](NC(=O)[C@H](O)c2ccccc2Cl)C1. The van der Waals surface area contributed by atoms with E-state index in [0.717, 1.165) is 0 Å². The maximum absolute atomic E-state index is 12.1. The van der Waals surface area contributed by atoms with Gasteiger partial charge in [-0.1, -0.05) is 43.6 Å². The quantitative estimate of drug-likeness (QED) is 0.886. The summed E-state index contributed by atoms with van der Waals surface area (Å²) < 4.78 is 0. The number of aliphatic hydroxyl groups excluding tert-OH is 1. The maximum atomic E-state index is 12.1. The van der Waals surface area contributed by atoms with E-state index < -0.39 is 12.0 Å². The van der Waals surface area contributed by atoms with Gasteiger partial charge in [0.2, 0.25) is 5.91 Å². The summed E-state index contributed by atoms with van der Waals surface area (Å²) in [7, 11) is 0. The zero-order valence-corrected chi connectivity index (χ0v) is 13.5. The van der Waals surface area contributed by atoms with Crippen molar-refractivity contribution < 1.29 is 14.7 Å². The van der Waals surface area contributed by atoms with Gasteiger partial charge < -0.3 is 15.3 Å². The van der Waals surface area contributed by atoms with Gasteiger partial charge in [-0.25, -0.2) is 0 Å². The van der Waals surface area contributed by atoms with E-state index >= 15 is 0 Å². The van der Waals surface area contributed by atoms with E-state index in [1.807, 2.05) is 13.8 Å².